The van der Waals surface area contributed by atoms with Crippen LogP contribution in [-0.2, 0) is 14.8 Å². The van der Waals surface area contributed by atoms with Gasteiger partial charge < -0.3 is 9.64 Å². The number of amides is 1. The number of carbonyl (C=O) groups excluding carboxylic acids is 1. The molecule has 2 fully saturated rings. The Kier molecular flexibility index (Phi) is 6.49. The Morgan fingerprint density at radius 3 is 2.53 bits per heavy atom. The van der Waals surface area contributed by atoms with Crippen LogP contribution in [0.25, 0.3) is 10.9 Å². The molecule has 2 aliphatic heterocycles. The largest absolute Gasteiger partial charge is 0.377 e. The molecule has 0 spiro atoms. The van der Waals surface area contributed by atoms with Gasteiger partial charge in [0.2, 0.25) is 0 Å². The predicted molar refractivity (Wildman–Crippen MR) is 130 cm³/mol. The fourth-order valence-corrected chi connectivity index (χ4v) is 5.82. The number of hydrogen-bond acceptors (Lipinski definition) is 6. The van der Waals surface area contributed by atoms with E-state index in [1.54, 1.807) is 42.6 Å². The molecule has 9 heteroatoms. The van der Waals surface area contributed by atoms with Crippen LogP contribution in [0, 0.1) is 0 Å². The van der Waals surface area contributed by atoms with Crippen molar-refractivity contribution >= 4 is 32.5 Å². The van der Waals surface area contributed by atoms with Crippen molar-refractivity contribution < 1.29 is 17.9 Å². The highest BCUT2D eigenvalue weighted by Gasteiger charge is 2.25. The summed E-state index contributed by atoms with van der Waals surface area (Å²) in [6.45, 7) is 4.81. The maximum atomic E-state index is 13.0. The third kappa shape index (κ3) is 4.91. The average molecular weight is 481 g/mol. The SMILES string of the molecule is O=C(c1ccc(NS(=O)(=O)c2cccc3cccnc23)cc1)N1CCN(C[C@@H]2CCCO2)CC1. The maximum Gasteiger partial charge on any atom is 0.264 e. The molecule has 3 heterocycles. The summed E-state index contributed by atoms with van der Waals surface area (Å²) >= 11 is 0. The zero-order valence-electron chi connectivity index (χ0n) is 18.9. The fourth-order valence-electron chi connectivity index (χ4n) is 4.58. The van der Waals surface area contributed by atoms with Crippen LogP contribution < -0.4 is 4.72 Å². The zero-order chi connectivity index (χ0) is 23.5. The minimum atomic E-state index is -3.83. The number of benzene rings is 2. The first-order valence-corrected chi connectivity index (χ1v) is 13.1. The number of ether oxygens (including phenoxy) is 1. The molecule has 178 valence electrons. The molecule has 0 saturated carbocycles. The van der Waals surface area contributed by atoms with E-state index in [0.717, 1.165) is 44.5 Å². The number of anilines is 1. The minimum Gasteiger partial charge on any atom is -0.377 e. The summed E-state index contributed by atoms with van der Waals surface area (Å²) in [6.07, 6.45) is 4.15. The first-order chi connectivity index (χ1) is 16.5. The quantitative estimate of drug-likeness (QED) is 0.583. The highest BCUT2D eigenvalue weighted by molar-refractivity contribution is 7.93. The van der Waals surface area contributed by atoms with Crippen molar-refractivity contribution in [2.75, 3.05) is 44.1 Å². The molecule has 1 aromatic heterocycles. The van der Waals surface area contributed by atoms with E-state index in [4.69, 9.17) is 4.74 Å². The van der Waals surface area contributed by atoms with E-state index in [2.05, 4.69) is 14.6 Å². The van der Waals surface area contributed by atoms with Gasteiger partial charge in [-0.15, -0.1) is 0 Å². The highest BCUT2D eigenvalue weighted by Crippen LogP contribution is 2.24. The lowest BCUT2D eigenvalue weighted by Gasteiger charge is -2.35. The van der Waals surface area contributed by atoms with E-state index >= 15 is 0 Å². The standard InChI is InChI=1S/C25H28N4O4S/c30-25(29-15-13-28(14-16-29)18-22-6-3-17-33-22)20-8-10-21(11-9-20)27-34(31,32)23-7-1-4-19-5-2-12-26-24(19)23/h1-2,4-5,7-12,22,27H,3,6,13-18H2/t22-/m0/s1. The Hall–Kier alpha value is -3.01. The van der Waals surface area contributed by atoms with E-state index in [1.165, 1.54) is 6.07 Å². The molecule has 8 nitrogen and oxygen atoms in total. The molecular weight excluding hydrogens is 452 g/mol. The molecule has 34 heavy (non-hydrogen) atoms. The van der Waals surface area contributed by atoms with E-state index in [1.807, 2.05) is 17.0 Å². The molecular formula is C25H28N4O4S. The molecule has 1 amide bonds. The summed E-state index contributed by atoms with van der Waals surface area (Å²) in [7, 11) is -3.83. The molecule has 5 rings (SSSR count). The van der Waals surface area contributed by atoms with Gasteiger partial charge in [-0.2, -0.15) is 0 Å². The van der Waals surface area contributed by atoms with E-state index < -0.39 is 10.0 Å². The van der Waals surface area contributed by atoms with Crippen molar-refractivity contribution in [2.45, 2.75) is 23.8 Å². The number of aromatic nitrogens is 1. The Balaban J connectivity index is 1.22. The molecule has 0 aliphatic carbocycles. The molecule has 0 bridgehead atoms. The number of piperazine rings is 1. The topological polar surface area (TPSA) is 91.8 Å². The first kappa shape index (κ1) is 22.8. The Labute approximate surface area is 199 Å². The lowest BCUT2D eigenvalue weighted by atomic mass is 10.1. The van der Waals surface area contributed by atoms with Crippen LogP contribution in [0.2, 0.25) is 0 Å². The molecule has 3 aromatic rings. The van der Waals surface area contributed by atoms with E-state index in [0.29, 0.717) is 36.0 Å². The van der Waals surface area contributed by atoms with Crippen molar-refractivity contribution in [3.05, 3.63) is 66.4 Å². The molecule has 0 radical (unpaired) electrons. The van der Waals surface area contributed by atoms with E-state index in [9.17, 15) is 13.2 Å². The number of carbonyl (C=O) groups is 1. The van der Waals surface area contributed by atoms with Crippen LogP contribution >= 0.6 is 0 Å². The second-order valence-electron chi connectivity index (χ2n) is 8.74. The molecule has 0 unspecified atom stereocenters. The van der Waals surface area contributed by atoms with Gasteiger partial charge in [-0.1, -0.05) is 18.2 Å². The first-order valence-electron chi connectivity index (χ1n) is 11.6. The number of fused-ring (bicyclic) bond motifs is 1. The number of pyridine rings is 1. The van der Waals surface area contributed by atoms with Gasteiger partial charge in [0.05, 0.1) is 11.6 Å². The van der Waals surface area contributed by atoms with Crippen LogP contribution in [0.15, 0.2) is 65.7 Å². The van der Waals surface area contributed by atoms with Crippen molar-refractivity contribution in [3.8, 4) is 0 Å². The summed E-state index contributed by atoms with van der Waals surface area (Å²) in [5.41, 5.74) is 1.36. The number of rotatable bonds is 6. The van der Waals surface area contributed by atoms with Gasteiger partial charge in [0, 0.05) is 62.2 Å². The smallest absolute Gasteiger partial charge is 0.264 e. The lowest BCUT2D eigenvalue weighted by molar-refractivity contribution is 0.0433. The van der Waals surface area contributed by atoms with Crippen molar-refractivity contribution in [1.82, 2.24) is 14.8 Å². The zero-order valence-corrected chi connectivity index (χ0v) is 19.7. The molecule has 1 N–H and O–H groups in total. The Bertz CT molecular complexity index is 1260. The van der Waals surface area contributed by atoms with Crippen LogP contribution in [0.4, 0.5) is 5.69 Å². The number of sulfonamides is 1. The predicted octanol–water partition coefficient (Wildman–Crippen LogP) is 2.97. The molecule has 2 aliphatic rings. The van der Waals surface area contributed by atoms with E-state index in [-0.39, 0.29) is 10.8 Å². The molecule has 1 atom stereocenters. The fraction of sp³-hybridized carbons (Fsp3) is 0.360. The minimum absolute atomic E-state index is 0.0376. The lowest BCUT2D eigenvalue weighted by Crippen LogP contribution is -2.50. The maximum absolute atomic E-state index is 13.0. The van der Waals surface area contributed by atoms with Crippen LogP contribution in [0.3, 0.4) is 0 Å². The average Bonchev–Trinajstić information content (AvgIpc) is 3.37. The number of para-hydroxylation sites is 1. The molecule has 2 saturated heterocycles. The second kappa shape index (κ2) is 9.69. The summed E-state index contributed by atoms with van der Waals surface area (Å²) in [4.78, 5) is 21.5. The number of nitrogens with one attached hydrogen (secondary N) is 1. The third-order valence-electron chi connectivity index (χ3n) is 6.41. The van der Waals surface area contributed by atoms with Gasteiger partial charge in [0.1, 0.15) is 4.90 Å². The second-order valence-corrected chi connectivity index (χ2v) is 10.4. The van der Waals surface area contributed by atoms with Crippen molar-refractivity contribution in [2.24, 2.45) is 0 Å². The summed E-state index contributed by atoms with van der Waals surface area (Å²) in [5, 5.41) is 0.752. The summed E-state index contributed by atoms with van der Waals surface area (Å²) in [6, 6.07) is 15.2. The number of nitrogens with zero attached hydrogens (tertiary/aromatic N) is 3. The summed E-state index contributed by atoms with van der Waals surface area (Å²) < 4.78 is 34.3. The van der Waals surface area contributed by atoms with Gasteiger partial charge in [-0.3, -0.25) is 19.4 Å². The highest BCUT2D eigenvalue weighted by atomic mass is 32.2. The summed E-state index contributed by atoms with van der Waals surface area (Å²) in [5.74, 6) is -0.0376. The van der Waals surface area contributed by atoms with Crippen molar-refractivity contribution in [1.29, 1.82) is 0 Å². The Morgan fingerprint density at radius 2 is 1.79 bits per heavy atom. The van der Waals surface area contributed by atoms with Gasteiger partial charge in [-0.25, -0.2) is 8.42 Å². The normalized spacial score (nSPS) is 19.4. The van der Waals surface area contributed by atoms with Gasteiger partial charge in [-0.05, 0) is 49.2 Å². The van der Waals surface area contributed by atoms with Crippen LogP contribution in [0.1, 0.15) is 23.2 Å². The monoisotopic (exact) mass is 480 g/mol. The van der Waals surface area contributed by atoms with Gasteiger partial charge >= 0.3 is 0 Å². The van der Waals surface area contributed by atoms with Crippen LogP contribution in [0.5, 0.6) is 0 Å². The third-order valence-corrected chi connectivity index (χ3v) is 7.83. The Morgan fingerprint density at radius 1 is 1.03 bits per heavy atom. The molecule has 2 aromatic carbocycles. The van der Waals surface area contributed by atoms with Gasteiger partial charge in [0.15, 0.2) is 0 Å². The number of hydrogen-bond donors (Lipinski definition) is 1. The van der Waals surface area contributed by atoms with Crippen LogP contribution in [-0.4, -0.2) is 74.5 Å². The van der Waals surface area contributed by atoms with Crippen molar-refractivity contribution in [3.63, 3.8) is 0 Å². The van der Waals surface area contributed by atoms with Gasteiger partial charge in [0.25, 0.3) is 15.9 Å².